The van der Waals surface area contributed by atoms with Crippen LogP contribution in [-0.4, -0.2) is 41.9 Å². The first kappa shape index (κ1) is 9.65. The molecule has 1 spiro atoms. The highest BCUT2D eigenvalue weighted by Crippen LogP contribution is 2.41. The lowest BCUT2D eigenvalue weighted by Gasteiger charge is -2.60. The van der Waals surface area contributed by atoms with Crippen LogP contribution in [0.5, 0.6) is 0 Å². The van der Waals surface area contributed by atoms with E-state index in [0.29, 0.717) is 5.41 Å². The molecule has 3 nitrogen and oxygen atoms in total. The van der Waals surface area contributed by atoms with Gasteiger partial charge in [0.2, 0.25) is 5.91 Å². The molecule has 2 heterocycles. The van der Waals surface area contributed by atoms with Crippen LogP contribution < -0.4 is 0 Å². The van der Waals surface area contributed by atoms with Gasteiger partial charge in [-0.3, -0.25) is 4.79 Å². The summed E-state index contributed by atoms with van der Waals surface area (Å²) in [5.74, 6) is 0.0405. The summed E-state index contributed by atoms with van der Waals surface area (Å²) in [5, 5.41) is 0.823. The van der Waals surface area contributed by atoms with Crippen molar-refractivity contribution in [3.05, 3.63) is 24.3 Å². The Morgan fingerprint density at radius 3 is 2.21 bits per heavy atom. The molecule has 2 saturated heterocycles. The fourth-order valence-electron chi connectivity index (χ4n) is 2.19. The number of likely N-dealkylation sites (tertiary alicyclic amines) is 2. The molecule has 2 aliphatic rings. The average molecular weight is 210 g/mol. The van der Waals surface area contributed by atoms with Gasteiger partial charge in [-0.2, -0.15) is 0 Å². The van der Waals surface area contributed by atoms with Gasteiger partial charge in [-0.15, -0.1) is 12.6 Å². The maximum absolute atomic E-state index is 11.2. The van der Waals surface area contributed by atoms with Crippen LogP contribution >= 0.6 is 12.6 Å². The largest absolute Gasteiger partial charge is 0.366 e. The molecule has 0 aromatic rings. The van der Waals surface area contributed by atoms with Crippen molar-refractivity contribution in [1.29, 1.82) is 0 Å². The molecule has 0 unspecified atom stereocenters. The Bertz CT molecular complexity index is 299. The number of amides is 1. The van der Waals surface area contributed by atoms with E-state index in [4.69, 9.17) is 0 Å². The molecule has 4 heteroatoms. The van der Waals surface area contributed by atoms with Crippen molar-refractivity contribution in [2.75, 3.05) is 26.2 Å². The van der Waals surface area contributed by atoms with Gasteiger partial charge in [0.1, 0.15) is 0 Å². The van der Waals surface area contributed by atoms with E-state index in [2.05, 4.69) is 30.7 Å². The lowest BCUT2D eigenvalue weighted by molar-refractivity contribution is -0.149. The third-order valence-corrected chi connectivity index (χ3v) is 3.24. The van der Waals surface area contributed by atoms with Gasteiger partial charge in [-0.1, -0.05) is 13.2 Å². The highest BCUT2D eigenvalue weighted by Gasteiger charge is 2.52. The lowest BCUT2D eigenvalue weighted by Crippen LogP contribution is -2.72. The van der Waals surface area contributed by atoms with Crippen LogP contribution in [0.4, 0.5) is 0 Å². The molecule has 14 heavy (non-hydrogen) atoms. The maximum atomic E-state index is 11.2. The van der Waals surface area contributed by atoms with Gasteiger partial charge in [0.05, 0.1) is 5.03 Å². The van der Waals surface area contributed by atoms with Crippen LogP contribution in [0.1, 0.15) is 0 Å². The minimum Gasteiger partial charge on any atom is -0.366 e. The number of rotatable bonds is 2. The Labute approximate surface area is 89.5 Å². The molecular formula is C10H14N2OS. The van der Waals surface area contributed by atoms with Crippen molar-refractivity contribution in [2.45, 2.75) is 0 Å². The molecule has 2 rings (SSSR count). The molecule has 0 aromatic carbocycles. The first-order chi connectivity index (χ1) is 6.56. The summed E-state index contributed by atoms with van der Waals surface area (Å²) in [6, 6.07) is 0. The summed E-state index contributed by atoms with van der Waals surface area (Å²) >= 11 is 4.18. The zero-order chi connectivity index (χ0) is 10.3. The van der Waals surface area contributed by atoms with Gasteiger partial charge in [0, 0.05) is 31.6 Å². The molecule has 0 aliphatic carbocycles. The number of thiol groups is 1. The number of carbonyl (C=O) groups is 1. The van der Waals surface area contributed by atoms with E-state index in [1.165, 1.54) is 6.08 Å². The second kappa shape index (κ2) is 3.05. The Kier molecular flexibility index (Phi) is 2.10. The smallest absolute Gasteiger partial charge is 0.245 e. The first-order valence-corrected chi connectivity index (χ1v) is 5.05. The molecule has 0 atom stereocenters. The molecule has 2 aliphatic heterocycles. The normalized spacial score (nSPS) is 22.6. The van der Waals surface area contributed by atoms with Crippen molar-refractivity contribution < 1.29 is 4.79 Å². The molecule has 0 aromatic heterocycles. The maximum Gasteiger partial charge on any atom is 0.245 e. The zero-order valence-corrected chi connectivity index (χ0v) is 8.96. The Balaban J connectivity index is 1.82. The van der Waals surface area contributed by atoms with E-state index in [-0.39, 0.29) is 5.91 Å². The predicted octanol–water partition coefficient (Wildman–Crippen LogP) is 0.718. The number of carbonyl (C=O) groups excluding carboxylic acids is 1. The average Bonchev–Trinajstić information content (AvgIpc) is 1.98. The molecule has 76 valence electrons. The van der Waals surface area contributed by atoms with E-state index in [0.717, 1.165) is 31.2 Å². The van der Waals surface area contributed by atoms with Crippen LogP contribution in [0.2, 0.25) is 0 Å². The summed E-state index contributed by atoms with van der Waals surface area (Å²) in [5.41, 5.74) is 0.324. The summed E-state index contributed by atoms with van der Waals surface area (Å²) in [6.45, 7) is 10.9. The third kappa shape index (κ3) is 1.34. The van der Waals surface area contributed by atoms with Crippen LogP contribution in [0.25, 0.3) is 0 Å². The minimum atomic E-state index is 0.0405. The highest BCUT2D eigenvalue weighted by atomic mass is 32.1. The summed E-state index contributed by atoms with van der Waals surface area (Å²) in [7, 11) is 0. The summed E-state index contributed by atoms with van der Waals surface area (Å²) in [6.07, 6.45) is 1.38. The van der Waals surface area contributed by atoms with Crippen molar-refractivity contribution in [3.63, 3.8) is 0 Å². The van der Waals surface area contributed by atoms with Gasteiger partial charge in [0.25, 0.3) is 0 Å². The highest BCUT2D eigenvalue weighted by molar-refractivity contribution is 7.84. The molecule has 2 fully saturated rings. The second-order valence-electron chi connectivity index (χ2n) is 4.17. The van der Waals surface area contributed by atoms with Gasteiger partial charge in [-0.05, 0) is 6.08 Å². The minimum absolute atomic E-state index is 0.0405. The standard InChI is InChI=1S/C10H14N2OS/c1-3-9(13)12-6-10(7-12)4-11(5-10)8(2)14/h3,14H,1-2,4-7H2. The van der Waals surface area contributed by atoms with Crippen LogP contribution in [-0.2, 0) is 4.79 Å². The SMILES string of the molecule is C=CC(=O)N1CC2(CN(C(=C)S)C2)C1. The van der Waals surface area contributed by atoms with Crippen molar-refractivity contribution in [3.8, 4) is 0 Å². The molecular weight excluding hydrogens is 196 g/mol. The van der Waals surface area contributed by atoms with Crippen molar-refractivity contribution >= 4 is 18.5 Å². The van der Waals surface area contributed by atoms with Crippen LogP contribution in [0, 0.1) is 5.41 Å². The molecule has 0 bridgehead atoms. The van der Waals surface area contributed by atoms with E-state index >= 15 is 0 Å². The molecule has 0 saturated carbocycles. The molecule has 0 radical (unpaired) electrons. The van der Waals surface area contributed by atoms with Crippen molar-refractivity contribution in [2.24, 2.45) is 5.41 Å². The van der Waals surface area contributed by atoms with Gasteiger partial charge < -0.3 is 9.80 Å². The first-order valence-electron chi connectivity index (χ1n) is 4.60. The van der Waals surface area contributed by atoms with Gasteiger partial charge in [-0.25, -0.2) is 0 Å². The van der Waals surface area contributed by atoms with E-state index in [9.17, 15) is 4.79 Å². The molecule has 1 amide bonds. The number of hydrogen-bond donors (Lipinski definition) is 1. The predicted molar refractivity (Wildman–Crippen MR) is 58.9 cm³/mol. The lowest BCUT2D eigenvalue weighted by atomic mass is 9.73. The third-order valence-electron chi connectivity index (χ3n) is 2.96. The Hall–Kier alpha value is -0.900. The quantitative estimate of drug-likeness (QED) is 0.536. The summed E-state index contributed by atoms with van der Waals surface area (Å²) < 4.78 is 0. The van der Waals surface area contributed by atoms with E-state index in [1.54, 1.807) is 0 Å². The zero-order valence-electron chi connectivity index (χ0n) is 8.07. The topological polar surface area (TPSA) is 23.6 Å². The van der Waals surface area contributed by atoms with E-state index in [1.807, 2.05) is 4.90 Å². The van der Waals surface area contributed by atoms with Gasteiger partial charge in [0.15, 0.2) is 0 Å². The fraction of sp³-hybridized carbons (Fsp3) is 0.500. The number of hydrogen-bond acceptors (Lipinski definition) is 3. The Morgan fingerprint density at radius 1 is 1.29 bits per heavy atom. The monoisotopic (exact) mass is 210 g/mol. The summed E-state index contributed by atoms with van der Waals surface area (Å²) in [4.78, 5) is 15.1. The Morgan fingerprint density at radius 2 is 1.79 bits per heavy atom. The molecule has 0 N–H and O–H groups in total. The second-order valence-corrected chi connectivity index (χ2v) is 4.69. The van der Waals surface area contributed by atoms with Crippen LogP contribution in [0.15, 0.2) is 24.3 Å². The van der Waals surface area contributed by atoms with Crippen LogP contribution in [0.3, 0.4) is 0 Å². The van der Waals surface area contributed by atoms with E-state index < -0.39 is 0 Å². The number of nitrogens with zero attached hydrogens (tertiary/aromatic N) is 2. The van der Waals surface area contributed by atoms with Crippen molar-refractivity contribution in [1.82, 2.24) is 9.80 Å². The fourth-order valence-corrected chi connectivity index (χ4v) is 2.34. The van der Waals surface area contributed by atoms with Gasteiger partial charge >= 0.3 is 0 Å².